The third-order valence-corrected chi connectivity index (χ3v) is 3.79. The first-order valence-electron chi connectivity index (χ1n) is 7.53. The molecule has 2 aromatic rings. The first-order chi connectivity index (χ1) is 10.7. The van der Waals surface area contributed by atoms with Gasteiger partial charge in [0.25, 0.3) is 0 Å². The van der Waals surface area contributed by atoms with Crippen LogP contribution in [0.25, 0.3) is 0 Å². The minimum atomic E-state index is -1.04. The van der Waals surface area contributed by atoms with E-state index in [1.165, 1.54) is 6.07 Å². The third kappa shape index (κ3) is 3.17. The minimum Gasteiger partial charge on any atom is -0.475 e. The Balaban J connectivity index is 1.67. The van der Waals surface area contributed by atoms with E-state index in [4.69, 9.17) is 9.52 Å². The van der Waals surface area contributed by atoms with E-state index in [2.05, 4.69) is 21.8 Å². The molecule has 6 nitrogen and oxygen atoms in total. The summed E-state index contributed by atoms with van der Waals surface area (Å²) in [7, 11) is 0. The zero-order valence-corrected chi connectivity index (χ0v) is 12.6. The number of carboxylic acids is 1. The van der Waals surface area contributed by atoms with Crippen molar-refractivity contribution in [2.75, 3.05) is 6.54 Å². The smallest absolute Gasteiger partial charge is 0.371 e. The lowest BCUT2D eigenvalue weighted by molar-refractivity contribution is 0.0658. The number of aryl methyl sites for hydroxylation is 1. The average molecular weight is 301 g/mol. The Kier molecular flexibility index (Phi) is 4.20. The first kappa shape index (κ1) is 14.7. The van der Waals surface area contributed by atoms with Crippen molar-refractivity contribution in [3.63, 3.8) is 0 Å². The summed E-state index contributed by atoms with van der Waals surface area (Å²) in [5, 5.41) is 8.88. The van der Waals surface area contributed by atoms with Crippen LogP contribution in [0.2, 0.25) is 0 Å². The summed E-state index contributed by atoms with van der Waals surface area (Å²) < 4.78 is 5.31. The lowest BCUT2D eigenvalue weighted by atomic mass is 10.1. The van der Waals surface area contributed by atoms with Crippen molar-refractivity contribution in [1.29, 1.82) is 0 Å². The molecule has 116 valence electrons. The molecule has 1 N–H and O–H groups in total. The molecule has 0 unspecified atom stereocenters. The van der Waals surface area contributed by atoms with Crippen LogP contribution in [0, 0.1) is 0 Å². The zero-order chi connectivity index (χ0) is 15.5. The predicted octanol–water partition coefficient (Wildman–Crippen LogP) is 2.28. The summed E-state index contributed by atoms with van der Waals surface area (Å²) >= 11 is 0. The molecule has 2 aromatic heterocycles. The molecule has 1 aliphatic heterocycles. The third-order valence-electron chi connectivity index (χ3n) is 3.79. The summed E-state index contributed by atoms with van der Waals surface area (Å²) in [6.45, 7) is 4.38. The molecule has 0 saturated heterocycles. The molecule has 3 rings (SSSR count). The summed E-state index contributed by atoms with van der Waals surface area (Å²) in [4.78, 5) is 22.1. The molecule has 1 aliphatic rings. The molecular weight excluding hydrogens is 282 g/mol. The fourth-order valence-corrected chi connectivity index (χ4v) is 2.69. The van der Waals surface area contributed by atoms with Gasteiger partial charge in [0.15, 0.2) is 0 Å². The van der Waals surface area contributed by atoms with E-state index in [-0.39, 0.29) is 5.76 Å². The van der Waals surface area contributed by atoms with E-state index >= 15 is 0 Å². The first-order valence-corrected chi connectivity index (χ1v) is 7.53. The average Bonchev–Trinajstić information content (AvgIpc) is 2.96. The second-order valence-corrected chi connectivity index (χ2v) is 5.54. The molecule has 0 aromatic carbocycles. The van der Waals surface area contributed by atoms with Gasteiger partial charge < -0.3 is 9.52 Å². The quantitative estimate of drug-likeness (QED) is 0.912. The number of carboxylic acid groups (broad SMARTS) is 1. The maximum Gasteiger partial charge on any atom is 0.371 e. The molecule has 0 fully saturated rings. The minimum absolute atomic E-state index is 0.0139. The van der Waals surface area contributed by atoms with Crippen molar-refractivity contribution >= 4 is 5.97 Å². The second kappa shape index (κ2) is 6.27. The molecule has 0 spiro atoms. The summed E-state index contributed by atoms with van der Waals surface area (Å²) in [5.41, 5.74) is 2.29. The van der Waals surface area contributed by atoms with Gasteiger partial charge in [-0.15, -0.1) is 0 Å². The number of fused-ring (bicyclic) bond motifs is 1. The van der Waals surface area contributed by atoms with Crippen LogP contribution >= 0.6 is 0 Å². The van der Waals surface area contributed by atoms with Crippen molar-refractivity contribution in [3.8, 4) is 0 Å². The number of rotatable bonds is 5. The highest BCUT2D eigenvalue weighted by Gasteiger charge is 2.20. The number of hydrogen-bond donors (Lipinski definition) is 1. The van der Waals surface area contributed by atoms with Gasteiger partial charge in [0.05, 0.1) is 6.54 Å². The number of furan rings is 1. The highest BCUT2D eigenvalue weighted by Crippen LogP contribution is 2.20. The van der Waals surface area contributed by atoms with Crippen LogP contribution in [0.15, 0.2) is 22.7 Å². The molecule has 22 heavy (non-hydrogen) atoms. The van der Waals surface area contributed by atoms with Crippen LogP contribution in [0.4, 0.5) is 0 Å². The molecule has 0 radical (unpaired) electrons. The van der Waals surface area contributed by atoms with Gasteiger partial charge in [-0.2, -0.15) is 0 Å². The largest absolute Gasteiger partial charge is 0.475 e. The summed E-state index contributed by atoms with van der Waals surface area (Å²) in [6.07, 6.45) is 4.78. The topological polar surface area (TPSA) is 79.5 Å². The SMILES string of the molecule is CCCc1ncc2c(n1)CCN(Cc1ccc(C(=O)O)o1)C2. The molecule has 6 heteroatoms. The van der Waals surface area contributed by atoms with Crippen LogP contribution < -0.4 is 0 Å². The lowest BCUT2D eigenvalue weighted by Crippen LogP contribution is -2.31. The zero-order valence-electron chi connectivity index (χ0n) is 12.6. The number of aromatic carboxylic acids is 1. The summed E-state index contributed by atoms with van der Waals surface area (Å²) in [5.74, 6) is 0.545. The van der Waals surface area contributed by atoms with E-state index in [0.717, 1.165) is 49.4 Å². The monoisotopic (exact) mass is 301 g/mol. The van der Waals surface area contributed by atoms with Crippen molar-refractivity contribution < 1.29 is 14.3 Å². The number of hydrogen-bond acceptors (Lipinski definition) is 5. The molecule has 0 saturated carbocycles. The van der Waals surface area contributed by atoms with Gasteiger partial charge in [-0.3, -0.25) is 4.90 Å². The van der Waals surface area contributed by atoms with Crippen molar-refractivity contribution in [2.24, 2.45) is 0 Å². The molecular formula is C16H19N3O3. The van der Waals surface area contributed by atoms with Gasteiger partial charge in [-0.1, -0.05) is 6.92 Å². The fraction of sp³-hybridized carbons (Fsp3) is 0.438. The Bertz CT molecular complexity index is 681. The Hall–Kier alpha value is -2.21. The van der Waals surface area contributed by atoms with Crippen molar-refractivity contribution in [2.45, 2.75) is 39.3 Å². The maximum atomic E-state index is 10.8. The second-order valence-electron chi connectivity index (χ2n) is 5.54. The van der Waals surface area contributed by atoms with Crippen molar-refractivity contribution in [3.05, 3.63) is 46.9 Å². The van der Waals surface area contributed by atoms with Crippen LogP contribution in [0.3, 0.4) is 0 Å². The number of carbonyl (C=O) groups is 1. The van der Waals surface area contributed by atoms with Gasteiger partial charge in [-0.25, -0.2) is 14.8 Å². The Morgan fingerprint density at radius 3 is 3.05 bits per heavy atom. The fourth-order valence-electron chi connectivity index (χ4n) is 2.69. The Morgan fingerprint density at radius 2 is 2.32 bits per heavy atom. The normalized spacial score (nSPS) is 14.8. The number of nitrogens with zero attached hydrogens (tertiary/aromatic N) is 3. The van der Waals surface area contributed by atoms with Crippen LogP contribution in [-0.2, 0) is 25.9 Å². The van der Waals surface area contributed by atoms with Crippen LogP contribution in [0.1, 0.15) is 46.7 Å². The van der Waals surface area contributed by atoms with Gasteiger partial charge in [0.1, 0.15) is 11.6 Å². The lowest BCUT2D eigenvalue weighted by Gasteiger charge is -2.27. The highest BCUT2D eigenvalue weighted by molar-refractivity contribution is 5.84. The molecule has 0 aliphatic carbocycles. The standard InChI is InChI=1S/C16H19N3O3/c1-2-3-15-17-8-11-9-19(7-6-13(11)18-15)10-12-4-5-14(22-12)16(20)21/h4-5,8H,2-3,6-7,9-10H2,1H3,(H,20,21). The van der Waals surface area contributed by atoms with E-state index < -0.39 is 5.97 Å². The van der Waals surface area contributed by atoms with E-state index in [0.29, 0.717) is 12.3 Å². The highest BCUT2D eigenvalue weighted by atomic mass is 16.4. The van der Waals surface area contributed by atoms with Crippen molar-refractivity contribution in [1.82, 2.24) is 14.9 Å². The van der Waals surface area contributed by atoms with E-state index in [1.54, 1.807) is 6.07 Å². The van der Waals surface area contributed by atoms with Gasteiger partial charge >= 0.3 is 5.97 Å². The Morgan fingerprint density at radius 1 is 1.45 bits per heavy atom. The summed E-state index contributed by atoms with van der Waals surface area (Å²) in [6, 6.07) is 3.22. The van der Waals surface area contributed by atoms with Gasteiger partial charge in [-0.05, 0) is 18.6 Å². The Labute approximate surface area is 128 Å². The van der Waals surface area contributed by atoms with Gasteiger partial charge in [0, 0.05) is 43.4 Å². The van der Waals surface area contributed by atoms with E-state index in [9.17, 15) is 4.79 Å². The molecule has 0 amide bonds. The van der Waals surface area contributed by atoms with Crippen LogP contribution in [-0.4, -0.2) is 32.5 Å². The molecule has 0 atom stereocenters. The maximum absolute atomic E-state index is 10.8. The number of aromatic nitrogens is 2. The van der Waals surface area contributed by atoms with Gasteiger partial charge in [0.2, 0.25) is 5.76 Å². The predicted molar refractivity (Wildman–Crippen MR) is 79.5 cm³/mol. The molecule has 0 bridgehead atoms. The van der Waals surface area contributed by atoms with Crippen LogP contribution in [0.5, 0.6) is 0 Å². The molecule has 3 heterocycles. The van der Waals surface area contributed by atoms with E-state index in [1.807, 2.05) is 6.20 Å².